The van der Waals surface area contributed by atoms with Gasteiger partial charge in [-0.25, -0.2) is 0 Å². The number of thiophene rings is 1. The number of methoxy groups -OCH3 is 1. The van der Waals surface area contributed by atoms with Crippen molar-refractivity contribution < 1.29 is 4.74 Å². The second kappa shape index (κ2) is 3.59. The molecular formula is C9H6Br2OS. The first-order valence-corrected chi connectivity index (χ1v) is 6.09. The summed E-state index contributed by atoms with van der Waals surface area (Å²) in [5.74, 6) is 0.877. The quantitative estimate of drug-likeness (QED) is 0.754. The molecule has 13 heavy (non-hydrogen) atoms. The Hall–Kier alpha value is -0.0600. The summed E-state index contributed by atoms with van der Waals surface area (Å²) in [6.45, 7) is 0. The average Bonchev–Trinajstić information content (AvgIpc) is 2.47. The van der Waals surface area contributed by atoms with Crippen molar-refractivity contribution in [2.75, 3.05) is 7.11 Å². The molecule has 0 aliphatic rings. The summed E-state index contributed by atoms with van der Waals surface area (Å²) in [6, 6.07) is 4.10. The summed E-state index contributed by atoms with van der Waals surface area (Å²) in [4.78, 5) is 0. The number of hydrogen-bond acceptors (Lipinski definition) is 2. The molecule has 0 radical (unpaired) electrons. The number of halogens is 2. The van der Waals surface area contributed by atoms with Crippen LogP contribution in [0.25, 0.3) is 10.1 Å². The van der Waals surface area contributed by atoms with Gasteiger partial charge in [-0.15, -0.1) is 11.3 Å². The highest BCUT2D eigenvalue weighted by Gasteiger charge is 2.06. The molecule has 1 aromatic carbocycles. The molecule has 2 rings (SSSR count). The van der Waals surface area contributed by atoms with Gasteiger partial charge in [0.15, 0.2) is 0 Å². The summed E-state index contributed by atoms with van der Waals surface area (Å²) in [5.41, 5.74) is 0. The van der Waals surface area contributed by atoms with E-state index in [1.54, 1.807) is 18.4 Å². The Kier molecular flexibility index (Phi) is 2.62. The fraction of sp³-hybridized carbons (Fsp3) is 0.111. The van der Waals surface area contributed by atoms with Gasteiger partial charge >= 0.3 is 0 Å². The van der Waals surface area contributed by atoms with Crippen LogP contribution in [0.1, 0.15) is 0 Å². The van der Waals surface area contributed by atoms with Crippen LogP contribution in [-0.2, 0) is 0 Å². The molecule has 0 saturated heterocycles. The second-order valence-corrected chi connectivity index (χ2v) is 5.19. The zero-order valence-electron chi connectivity index (χ0n) is 6.80. The van der Waals surface area contributed by atoms with Crippen LogP contribution in [0, 0.1) is 0 Å². The number of rotatable bonds is 1. The van der Waals surface area contributed by atoms with Gasteiger partial charge in [0.2, 0.25) is 0 Å². The van der Waals surface area contributed by atoms with E-state index in [4.69, 9.17) is 4.74 Å². The topological polar surface area (TPSA) is 9.23 Å². The van der Waals surface area contributed by atoms with E-state index in [-0.39, 0.29) is 0 Å². The first kappa shape index (κ1) is 9.49. The highest BCUT2D eigenvalue weighted by atomic mass is 79.9. The fourth-order valence-corrected chi connectivity index (χ4v) is 3.23. The predicted molar refractivity (Wildman–Crippen MR) is 63.8 cm³/mol. The summed E-state index contributed by atoms with van der Waals surface area (Å²) < 4.78 is 8.56. The number of hydrogen-bond donors (Lipinski definition) is 0. The van der Waals surface area contributed by atoms with Gasteiger partial charge in [0.1, 0.15) is 5.75 Å². The summed E-state index contributed by atoms with van der Waals surface area (Å²) in [6.07, 6.45) is 0. The molecule has 0 fully saturated rings. The standard InChI is InChI=1S/C9H6Br2OS/c1-12-8-3-9-5(2-6(8)10)7(11)4-13-9/h2-4H,1H3. The van der Waals surface area contributed by atoms with E-state index in [9.17, 15) is 0 Å². The highest BCUT2D eigenvalue weighted by Crippen LogP contribution is 2.37. The van der Waals surface area contributed by atoms with Crippen LogP contribution in [0.15, 0.2) is 26.5 Å². The molecule has 0 atom stereocenters. The lowest BCUT2D eigenvalue weighted by Gasteiger charge is -2.02. The van der Waals surface area contributed by atoms with Crippen LogP contribution in [0.5, 0.6) is 5.75 Å². The molecule has 0 bridgehead atoms. The van der Waals surface area contributed by atoms with Crippen LogP contribution in [0.2, 0.25) is 0 Å². The maximum Gasteiger partial charge on any atom is 0.134 e. The zero-order chi connectivity index (χ0) is 9.42. The molecule has 0 spiro atoms. The highest BCUT2D eigenvalue weighted by molar-refractivity contribution is 9.11. The van der Waals surface area contributed by atoms with Crippen molar-refractivity contribution in [3.8, 4) is 5.75 Å². The minimum Gasteiger partial charge on any atom is -0.496 e. The predicted octanol–water partition coefficient (Wildman–Crippen LogP) is 4.43. The average molecular weight is 322 g/mol. The van der Waals surface area contributed by atoms with E-state index in [2.05, 4.69) is 43.3 Å². The van der Waals surface area contributed by atoms with Gasteiger partial charge in [0, 0.05) is 19.9 Å². The first-order chi connectivity index (χ1) is 6.22. The molecule has 0 amide bonds. The van der Waals surface area contributed by atoms with E-state index < -0.39 is 0 Å². The van der Waals surface area contributed by atoms with Crippen LogP contribution >= 0.6 is 43.2 Å². The summed E-state index contributed by atoms with van der Waals surface area (Å²) in [5, 5.41) is 3.30. The summed E-state index contributed by atoms with van der Waals surface area (Å²) >= 11 is 8.66. The zero-order valence-corrected chi connectivity index (χ0v) is 10.8. The van der Waals surface area contributed by atoms with Gasteiger partial charge in [0.25, 0.3) is 0 Å². The number of fused-ring (bicyclic) bond motifs is 1. The van der Waals surface area contributed by atoms with E-state index >= 15 is 0 Å². The molecule has 0 unspecified atom stereocenters. The Morgan fingerprint density at radius 1 is 1.23 bits per heavy atom. The Balaban J connectivity index is 2.76. The molecule has 0 aliphatic heterocycles. The van der Waals surface area contributed by atoms with Crippen molar-refractivity contribution in [3.05, 3.63) is 26.5 Å². The molecular weight excluding hydrogens is 316 g/mol. The number of ether oxygens (including phenoxy) is 1. The van der Waals surface area contributed by atoms with Crippen LogP contribution in [0.4, 0.5) is 0 Å². The lowest BCUT2D eigenvalue weighted by molar-refractivity contribution is 0.413. The largest absolute Gasteiger partial charge is 0.496 e. The van der Waals surface area contributed by atoms with E-state index in [0.717, 1.165) is 14.7 Å². The number of benzene rings is 1. The molecule has 0 aliphatic carbocycles. The lowest BCUT2D eigenvalue weighted by atomic mass is 10.2. The Bertz CT molecular complexity index is 450. The molecule has 1 nitrogen and oxygen atoms in total. The minimum atomic E-state index is 0.877. The van der Waals surface area contributed by atoms with Crippen LogP contribution < -0.4 is 4.74 Å². The van der Waals surface area contributed by atoms with Crippen molar-refractivity contribution in [2.45, 2.75) is 0 Å². The van der Waals surface area contributed by atoms with Crippen molar-refractivity contribution in [3.63, 3.8) is 0 Å². The normalized spacial score (nSPS) is 10.7. The van der Waals surface area contributed by atoms with Gasteiger partial charge in [-0.3, -0.25) is 0 Å². The van der Waals surface area contributed by atoms with Gasteiger partial charge in [-0.2, -0.15) is 0 Å². The first-order valence-electron chi connectivity index (χ1n) is 3.62. The van der Waals surface area contributed by atoms with Crippen molar-refractivity contribution in [2.24, 2.45) is 0 Å². The summed E-state index contributed by atoms with van der Waals surface area (Å²) in [7, 11) is 1.68. The smallest absolute Gasteiger partial charge is 0.134 e. The minimum absolute atomic E-state index is 0.877. The molecule has 4 heteroatoms. The maximum absolute atomic E-state index is 5.21. The lowest BCUT2D eigenvalue weighted by Crippen LogP contribution is -1.82. The molecule has 0 saturated carbocycles. The molecule has 1 heterocycles. The van der Waals surface area contributed by atoms with Gasteiger partial charge < -0.3 is 4.74 Å². The third-order valence-corrected chi connectivity index (χ3v) is 4.32. The van der Waals surface area contributed by atoms with Crippen molar-refractivity contribution >= 4 is 53.3 Å². The molecule has 1 aromatic heterocycles. The fourth-order valence-electron chi connectivity index (χ4n) is 1.15. The second-order valence-electron chi connectivity index (χ2n) is 2.57. The maximum atomic E-state index is 5.21. The third kappa shape index (κ3) is 1.63. The van der Waals surface area contributed by atoms with E-state index in [0.29, 0.717) is 0 Å². The van der Waals surface area contributed by atoms with Crippen LogP contribution in [0.3, 0.4) is 0 Å². The van der Waals surface area contributed by atoms with Gasteiger partial charge in [-0.05, 0) is 44.0 Å². The van der Waals surface area contributed by atoms with Crippen molar-refractivity contribution in [1.82, 2.24) is 0 Å². The Morgan fingerprint density at radius 2 is 2.00 bits per heavy atom. The SMILES string of the molecule is COc1cc2scc(Br)c2cc1Br. The molecule has 0 N–H and O–H groups in total. The Morgan fingerprint density at radius 3 is 2.69 bits per heavy atom. The van der Waals surface area contributed by atoms with E-state index in [1.165, 1.54) is 10.1 Å². The van der Waals surface area contributed by atoms with Crippen molar-refractivity contribution in [1.29, 1.82) is 0 Å². The molecule has 68 valence electrons. The third-order valence-electron chi connectivity index (χ3n) is 1.80. The monoisotopic (exact) mass is 320 g/mol. The van der Waals surface area contributed by atoms with E-state index in [1.807, 2.05) is 6.07 Å². The Labute approximate surface area is 97.0 Å². The van der Waals surface area contributed by atoms with Gasteiger partial charge in [-0.1, -0.05) is 0 Å². The molecule has 2 aromatic rings. The van der Waals surface area contributed by atoms with Gasteiger partial charge in [0.05, 0.1) is 11.6 Å². The van der Waals surface area contributed by atoms with Crippen LogP contribution in [-0.4, -0.2) is 7.11 Å².